The van der Waals surface area contributed by atoms with Crippen molar-refractivity contribution in [2.75, 3.05) is 13.7 Å². The number of carbonyl (C=O) groups is 1. The summed E-state index contributed by atoms with van der Waals surface area (Å²) in [7, 11) is 1.59. The number of carboxylic acid groups (broad SMARTS) is 1. The van der Waals surface area contributed by atoms with E-state index in [1.54, 1.807) is 13.2 Å². The third kappa shape index (κ3) is 3.81. The summed E-state index contributed by atoms with van der Waals surface area (Å²) in [5.41, 5.74) is -0.127. The molecule has 2 heterocycles. The van der Waals surface area contributed by atoms with Gasteiger partial charge < -0.3 is 19.1 Å². The normalized spacial score (nSPS) is 16.4. The Bertz CT molecular complexity index is 1120. The van der Waals surface area contributed by atoms with Crippen LogP contribution in [0.1, 0.15) is 67.4 Å². The molecule has 172 valence electrons. The molecule has 32 heavy (non-hydrogen) atoms. The van der Waals surface area contributed by atoms with Crippen molar-refractivity contribution in [2.45, 2.75) is 63.5 Å². The molecule has 0 saturated heterocycles. The maximum absolute atomic E-state index is 13.9. The van der Waals surface area contributed by atoms with Crippen LogP contribution in [0.4, 0.5) is 8.78 Å². The lowest BCUT2D eigenvalue weighted by Crippen LogP contribution is -2.46. The van der Waals surface area contributed by atoms with Crippen molar-refractivity contribution in [2.24, 2.45) is 0 Å². The van der Waals surface area contributed by atoms with Crippen molar-refractivity contribution >= 4 is 5.97 Å². The molecule has 1 saturated carbocycles. The predicted octanol–water partition coefficient (Wildman–Crippen LogP) is 4.78. The molecule has 1 N–H and O–H groups in total. The molecule has 1 aromatic carbocycles. The molecule has 4 rings (SSSR count). The Balaban J connectivity index is 1.80. The van der Waals surface area contributed by atoms with Gasteiger partial charge in [0.15, 0.2) is 5.43 Å². The van der Waals surface area contributed by atoms with Gasteiger partial charge in [-0.2, -0.15) is 0 Å². The molecule has 0 radical (unpaired) electrons. The molecule has 0 unspecified atom stereocenters. The van der Waals surface area contributed by atoms with Gasteiger partial charge in [-0.15, -0.1) is 0 Å². The van der Waals surface area contributed by atoms with Gasteiger partial charge in [-0.1, -0.05) is 0 Å². The fourth-order valence-corrected chi connectivity index (χ4v) is 4.56. The summed E-state index contributed by atoms with van der Waals surface area (Å²) in [6.45, 7) is 4.03. The third-order valence-corrected chi connectivity index (χ3v) is 6.86. The number of pyridine rings is 1. The lowest BCUT2D eigenvalue weighted by molar-refractivity contribution is 0.00510. The SMILES string of the molecule is COC(C)(C)CCOc1cc2c(cc1C(F)F)-c1cc(=O)c(C(=O)O)cn1C1(CCC1)C2. The van der Waals surface area contributed by atoms with E-state index in [2.05, 4.69) is 0 Å². The van der Waals surface area contributed by atoms with E-state index in [0.29, 0.717) is 24.1 Å². The van der Waals surface area contributed by atoms with Crippen LogP contribution < -0.4 is 10.2 Å². The monoisotopic (exact) mass is 447 g/mol. The zero-order chi connectivity index (χ0) is 23.3. The Labute approximate surface area is 184 Å². The predicted molar refractivity (Wildman–Crippen MR) is 115 cm³/mol. The minimum atomic E-state index is -2.76. The van der Waals surface area contributed by atoms with E-state index in [1.807, 2.05) is 18.4 Å². The van der Waals surface area contributed by atoms with E-state index in [-0.39, 0.29) is 29.0 Å². The van der Waals surface area contributed by atoms with Gasteiger partial charge in [0.1, 0.15) is 11.3 Å². The van der Waals surface area contributed by atoms with Gasteiger partial charge in [0.05, 0.1) is 23.5 Å². The first-order valence-electron chi connectivity index (χ1n) is 10.7. The highest BCUT2D eigenvalue weighted by atomic mass is 19.3. The second-order valence-electron chi connectivity index (χ2n) is 9.28. The van der Waals surface area contributed by atoms with E-state index in [4.69, 9.17) is 9.47 Å². The van der Waals surface area contributed by atoms with Gasteiger partial charge in [0.2, 0.25) is 0 Å². The third-order valence-electron chi connectivity index (χ3n) is 6.86. The topological polar surface area (TPSA) is 77.8 Å². The van der Waals surface area contributed by atoms with E-state index < -0.39 is 23.4 Å². The van der Waals surface area contributed by atoms with Gasteiger partial charge in [-0.05, 0) is 57.2 Å². The Morgan fingerprint density at radius 1 is 1.28 bits per heavy atom. The van der Waals surface area contributed by atoms with Crippen LogP contribution in [0.2, 0.25) is 0 Å². The second-order valence-corrected chi connectivity index (χ2v) is 9.28. The largest absolute Gasteiger partial charge is 0.493 e. The van der Waals surface area contributed by atoms with Crippen LogP contribution in [0.15, 0.2) is 29.2 Å². The smallest absolute Gasteiger partial charge is 0.341 e. The standard InChI is InChI=1S/C24H27F2NO5/c1-23(2,31-3)7-8-32-20-9-14-12-24(5-4-6-24)27-13-17(22(29)30)19(28)11-18(27)15(14)10-16(20)21(25)26/h9-11,13,21H,4-8,12H2,1-3H3,(H,29,30). The van der Waals surface area contributed by atoms with Gasteiger partial charge in [0.25, 0.3) is 6.43 Å². The number of nitrogens with zero attached hydrogens (tertiary/aromatic N) is 1. The van der Waals surface area contributed by atoms with Crippen molar-refractivity contribution in [3.63, 3.8) is 0 Å². The quantitative estimate of drug-likeness (QED) is 0.661. The lowest BCUT2D eigenvalue weighted by atomic mass is 9.69. The minimum Gasteiger partial charge on any atom is -0.493 e. The number of methoxy groups -OCH3 is 1. The number of aromatic nitrogens is 1. The van der Waals surface area contributed by atoms with Crippen molar-refractivity contribution in [3.05, 3.63) is 51.3 Å². The molecular formula is C24H27F2NO5. The number of hydrogen-bond acceptors (Lipinski definition) is 4. The van der Waals surface area contributed by atoms with Gasteiger partial charge >= 0.3 is 5.97 Å². The van der Waals surface area contributed by atoms with Crippen molar-refractivity contribution in [1.29, 1.82) is 0 Å². The molecule has 2 aliphatic rings. The average Bonchev–Trinajstić information content (AvgIpc) is 2.70. The van der Waals surface area contributed by atoms with Crippen LogP contribution in [-0.2, 0) is 16.7 Å². The number of fused-ring (bicyclic) bond motifs is 4. The van der Waals surface area contributed by atoms with Crippen molar-refractivity contribution in [1.82, 2.24) is 4.57 Å². The molecule has 1 spiro atoms. The lowest BCUT2D eigenvalue weighted by Gasteiger charge is -2.48. The highest BCUT2D eigenvalue weighted by Gasteiger charge is 2.44. The number of rotatable bonds is 7. The fraction of sp³-hybridized carbons (Fsp3) is 0.500. The van der Waals surface area contributed by atoms with Crippen LogP contribution in [-0.4, -0.2) is 35.0 Å². The van der Waals surface area contributed by atoms with Crippen molar-refractivity contribution < 1.29 is 28.2 Å². The summed E-state index contributed by atoms with van der Waals surface area (Å²) in [5.74, 6) is -1.15. The van der Waals surface area contributed by atoms with Gasteiger partial charge in [-0.3, -0.25) is 4.79 Å². The second kappa shape index (κ2) is 7.99. The first kappa shape index (κ1) is 22.5. The Morgan fingerprint density at radius 3 is 2.56 bits per heavy atom. The van der Waals surface area contributed by atoms with Gasteiger partial charge in [0, 0.05) is 36.9 Å². The Kier molecular flexibility index (Phi) is 5.61. The average molecular weight is 447 g/mol. The first-order chi connectivity index (χ1) is 15.1. The summed E-state index contributed by atoms with van der Waals surface area (Å²) >= 11 is 0. The van der Waals surface area contributed by atoms with Crippen LogP contribution in [0, 0.1) is 0 Å². The van der Waals surface area contributed by atoms with E-state index in [0.717, 1.165) is 24.8 Å². The zero-order valence-corrected chi connectivity index (χ0v) is 18.4. The number of carboxylic acids is 1. The molecular weight excluding hydrogens is 420 g/mol. The summed E-state index contributed by atoms with van der Waals surface area (Å²) in [6.07, 6.45) is 2.36. The van der Waals surface area contributed by atoms with Crippen LogP contribution >= 0.6 is 0 Å². The van der Waals surface area contributed by atoms with Crippen molar-refractivity contribution in [3.8, 4) is 17.0 Å². The molecule has 1 aromatic heterocycles. The highest BCUT2D eigenvalue weighted by molar-refractivity contribution is 5.88. The maximum Gasteiger partial charge on any atom is 0.341 e. The Hall–Kier alpha value is -2.74. The van der Waals surface area contributed by atoms with E-state index >= 15 is 0 Å². The number of ether oxygens (including phenoxy) is 2. The minimum absolute atomic E-state index is 0.137. The summed E-state index contributed by atoms with van der Waals surface area (Å²) < 4.78 is 40.8. The number of hydrogen-bond donors (Lipinski definition) is 1. The number of halogens is 2. The van der Waals surface area contributed by atoms with E-state index in [9.17, 15) is 23.5 Å². The van der Waals surface area contributed by atoms with Crippen LogP contribution in [0.3, 0.4) is 0 Å². The number of benzene rings is 1. The number of aromatic carboxylic acids is 1. The molecule has 2 aromatic rings. The fourth-order valence-electron chi connectivity index (χ4n) is 4.56. The molecule has 1 aliphatic carbocycles. The molecule has 1 fully saturated rings. The van der Waals surface area contributed by atoms with Gasteiger partial charge in [-0.25, -0.2) is 13.6 Å². The number of alkyl halides is 2. The summed E-state index contributed by atoms with van der Waals surface area (Å²) in [6, 6.07) is 4.31. The molecule has 0 bridgehead atoms. The summed E-state index contributed by atoms with van der Waals surface area (Å²) in [4.78, 5) is 23.9. The maximum atomic E-state index is 13.9. The van der Waals surface area contributed by atoms with Crippen LogP contribution in [0.5, 0.6) is 5.75 Å². The molecule has 6 nitrogen and oxygen atoms in total. The molecule has 1 aliphatic heterocycles. The summed E-state index contributed by atoms with van der Waals surface area (Å²) in [5, 5.41) is 9.40. The first-order valence-corrected chi connectivity index (χ1v) is 10.7. The molecule has 0 atom stereocenters. The highest BCUT2D eigenvalue weighted by Crippen LogP contribution is 2.50. The molecule has 8 heteroatoms. The Morgan fingerprint density at radius 2 is 2.00 bits per heavy atom. The van der Waals surface area contributed by atoms with E-state index in [1.165, 1.54) is 18.3 Å². The zero-order valence-electron chi connectivity index (χ0n) is 18.4. The molecule has 0 amide bonds. The van der Waals surface area contributed by atoms with Crippen LogP contribution in [0.25, 0.3) is 11.3 Å².